The summed E-state index contributed by atoms with van der Waals surface area (Å²) in [5.74, 6) is -0.180. The number of rotatable bonds is 6. The van der Waals surface area contributed by atoms with Gasteiger partial charge in [-0.05, 0) is 12.1 Å². The predicted molar refractivity (Wildman–Crippen MR) is 105 cm³/mol. The lowest BCUT2D eigenvalue weighted by Gasteiger charge is -2.08. The van der Waals surface area contributed by atoms with E-state index in [4.69, 9.17) is 4.52 Å². The number of para-hydroxylation sites is 1. The summed E-state index contributed by atoms with van der Waals surface area (Å²) < 4.78 is 6.67. The van der Waals surface area contributed by atoms with Crippen LogP contribution >= 0.6 is 0 Å². The van der Waals surface area contributed by atoms with E-state index in [9.17, 15) is 9.59 Å². The maximum absolute atomic E-state index is 12.3. The Labute approximate surface area is 160 Å². The molecular weight excluding hydrogens is 356 g/mol. The summed E-state index contributed by atoms with van der Waals surface area (Å²) in [4.78, 5) is 28.8. The van der Waals surface area contributed by atoms with Crippen LogP contribution in [0.1, 0.15) is 5.69 Å². The van der Waals surface area contributed by atoms with Crippen LogP contribution in [-0.2, 0) is 17.8 Å². The van der Waals surface area contributed by atoms with Crippen molar-refractivity contribution in [2.75, 3.05) is 6.54 Å². The molecule has 4 aromatic rings. The number of carbonyl (C=O) groups is 1. The van der Waals surface area contributed by atoms with Crippen LogP contribution in [0.2, 0.25) is 0 Å². The van der Waals surface area contributed by atoms with Gasteiger partial charge in [0.2, 0.25) is 5.91 Å². The number of amides is 1. The molecule has 1 amide bonds. The molecule has 0 spiro atoms. The molecule has 0 aliphatic rings. The lowest BCUT2D eigenvalue weighted by atomic mass is 10.1. The molecule has 28 heavy (non-hydrogen) atoms. The fourth-order valence-corrected chi connectivity index (χ4v) is 2.96. The van der Waals surface area contributed by atoms with Crippen LogP contribution in [0.5, 0.6) is 0 Å². The van der Waals surface area contributed by atoms with Gasteiger partial charge in [-0.2, -0.15) is 0 Å². The maximum atomic E-state index is 12.3. The van der Waals surface area contributed by atoms with Crippen molar-refractivity contribution in [1.29, 1.82) is 0 Å². The van der Waals surface area contributed by atoms with Gasteiger partial charge in [-0.15, -0.1) is 0 Å². The fourth-order valence-electron chi connectivity index (χ4n) is 2.96. The van der Waals surface area contributed by atoms with Crippen molar-refractivity contribution in [3.8, 4) is 11.3 Å². The van der Waals surface area contributed by atoms with Gasteiger partial charge in [0.15, 0.2) is 5.58 Å². The minimum Gasteiger partial charge on any atom is -0.356 e. The Bertz CT molecular complexity index is 1160. The Morgan fingerprint density at radius 2 is 1.86 bits per heavy atom. The topological polar surface area (TPSA) is 90.0 Å². The first kappa shape index (κ1) is 17.7. The zero-order valence-electron chi connectivity index (χ0n) is 15.0. The first-order valence-corrected chi connectivity index (χ1v) is 8.92. The lowest BCUT2D eigenvalue weighted by molar-refractivity contribution is -0.120. The molecule has 0 bridgehead atoms. The Morgan fingerprint density at radius 1 is 1.07 bits per heavy atom. The molecule has 0 aliphatic heterocycles. The molecule has 0 unspecified atom stereocenters. The highest BCUT2D eigenvalue weighted by atomic mass is 16.5. The minimum absolute atomic E-state index is 0.122. The van der Waals surface area contributed by atoms with Crippen LogP contribution in [0.25, 0.3) is 22.2 Å². The number of benzene rings is 2. The van der Waals surface area contributed by atoms with E-state index < -0.39 is 0 Å². The largest absolute Gasteiger partial charge is 0.356 e. The third kappa shape index (κ3) is 3.83. The van der Waals surface area contributed by atoms with Crippen LogP contribution in [0.3, 0.4) is 0 Å². The molecule has 0 fully saturated rings. The molecule has 2 aromatic heterocycles. The highest BCUT2D eigenvalue weighted by molar-refractivity contribution is 5.86. The van der Waals surface area contributed by atoms with Crippen LogP contribution in [0.15, 0.2) is 76.3 Å². The minimum atomic E-state index is -0.180. The van der Waals surface area contributed by atoms with E-state index in [1.54, 1.807) is 0 Å². The van der Waals surface area contributed by atoms with Gasteiger partial charge in [0.1, 0.15) is 5.69 Å². The SMILES string of the molecule is O=C(Cc1noc2ccccc12)NCCn1cnc(-c2ccccc2)cc1=O. The molecule has 0 radical (unpaired) electrons. The number of nitrogens with one attached hydrogen (secondary N) is 1. The summed E-state index contributed by atoms with van der Waals surface area (Å²) in [6.07, 6.45) is 1.62. The van der Waals surface area contributed by atoms with Crippen molar-refractivity contribution in [2.45, 2.75) is 13.0 Å². The van der Waals surface area contributed by atoms with E-state index in [0.717, 1.165) is 10.9 Å². The van der Waals surface area contributed by atoms with Crippen molar-refractivity contribution in [3.63, 3.8) is 0 Å². The average molecular weight is 374 g/mol. The Morgan fingerprint density at radius 3 is 2.68 bits per heavy atom. The molecule has 1 N–H and O–H groups in total. The molecule has 140 valence electrons. The second kappa shape index (κ2) is 7.87. The third-order valence-corrected chi connectivity index (χ3v) is 4.40. The highest BCUT2D eigenvalue weighted by Gasteiger charge is 2.11. The lowest BCUT2D eigenvalue weighted by Crippen LogP contribution is -2.31. The van der Waals surface area contributed by atoms with Crippen molar-refractivity contribution in [1.82, 2.24) is 20.0 Å². The monoisotopic (exact) mass is 374 g/mol. The molecule has 4 rings (SSSR count). The van der Waals surface area contributed by atoms with Crippen LogP contribution in [0, 0.1) is 0 Å². The van der Waals surface area contributed by atoms with E-state index in [2.05, 4.69) is 15.5 Å². The van der Waals surface area contributed by atoms with E-state index in [1.165, 1.54) is 17.0 Å². The fraction of sp³-hybridized carbons (Fsp3) is 0.143. The van der Waals surface area contributed by atoms with Crippen LogP contribution in [-0.4, -0.2) is 27.2 Å². The summed E-state index contributed by atoms with van der Waals surface area (Å²) in [6, 6.07) is 18.4. The van der Waals surface area contributed by atoms with Gasteiger partial charge < -0.3 is 9.84 Å². The smallest absolute Gasteiger partial charge is 0.253 e. The molecular formula is C21H18N4O3. The Balaban J connectivity index is 1.35. The Kier molecular flexibility index (Phi) is 4.97. The quantitative estimate of drug-likeness (QED) is 0.560. The molecule has 0 saturated heterocycles. The molecule has 7 nitrogen and oxygen atoms in total. The zero-order valence-corrected chi connectivity index (χ0v) is 15.0. The number of hydrogen-bond acceptors (Lipinski definition) is 5. The number of fused-ring (bicyclic) bond motifs is 1. The normalized spacial score (nSPS) is 10.9. The first-order chi connectivity index (χ1) is 13.7. The predicted octanol–water partition coefficient (Wildman–Crippen LogP) is 2.41. The number of aromatic nitrogens is 3. The van der Waals surface area contributed by atoms with E-state index in [0.29, 0.717) is 30.1 Å². The van der Waals surface area contributed by atoms with Crippen molar-refractivity contribution < 1.29 is 9.32 Å². The number of hydrogen-bond donors (Lipinski definition) is 1. The van der Waals surface area contributed by atoms with Gasteiger partial charge in [-0.25, -0.2) is 4.98 Å². The van der Waals surface area contributed by atoms with E-state index >= 15 is 0 Å². The molecule has 2 aromatic carbocycles. The summed E-state index contributed by atoms with van der Waals surface area (Å²) >= 11 is 0. The Hall–Kier alpha value is -3.74. The van der Waals surface area contributed by atoms with Gasteiger partial charge >= 0.3 is 0 Å². The standard InChI is InChI=1S/C21H18N4O3/c26-20(12-18-16-8-4-5-9-19(16)28-24-18)22-10-11-25-14-23-17(13-21(25)27)15-6-2-1-3-7-15/h1-9,13-14H,10-12H2,(H,22,26). The van der Waals surface area contributed by atoms with Gasteiger partial charge in [-0.1, -0.05) is 47.6 Å². The van der Waals surface area contributed by atoms with Crippen molar-refractivity contribution >= 4 is 16.9 Å². The number of carbonyl (C=O) groups excluding carboxylic acids is 1. The van der Waals surface area contributed by atoms with Gasteiger partial charge in [0.25, 0.3) is 5.56 Å². The average Bonchev–Trinajstić information content (AvgIpc) is 3.13. The van der Waals surface area contributed by atoms with Gasteiger partial charge in [-0.3, -0.25) is 14.2 Å². The van der Waals surface area contributed by atoms with E-state index in [1.807, 2.05) is 54.6 Å². The van der Waals surface area contributed by atoms with E-state index in [-0.39, 0.29) is 17.9 Å². The van der Waals surface area contributed by atoms with Gasteiger partial charge in [0.05, 0.1) is 18.4 Å². The van der Waals surface area contributed by atoms with Gasteiger partial charge in [0, 0.05) is 30.1 Å². The van der Waals surface area contributed by atoms with Crippen LogP contribution < -0.4 is 10.9 Å². The summed E-state index contributed by atoms with van der Waals surface area (Å²) in [5.41, 5.74) is 2.61. The van der Waals surface area contributed by atoms with Crippen molar-refractivity contribution in [3.05, 3.63) is 83.0 Å². The molecule has 0 atom stereocenters. The molecule has 0 aliphatic carbocycles. The molecule has 0 saturated carbocycles. The first-order valence-electron chi connectivity index (χ1n) is 8.92. The molecule has 2 heterocycles. The maximum Gasteiger partial charge on any atom is 0.253 e. The van der Waals surface area contributed by atoms with Crippen LogP contribution in [0.4, 0.5) is 0 Å². The zero-order chi connectivity index (χ0) is 19.3. The summed E-state index contributed by atoms with van der Waals surface area (Å²) in [7, 11) is 0. The summed E-state index contributed by atoms with van der Waals surface area (Å²) in [6.45, 7) is 0.660. The summed E-state index contributed by atoms with van der Waals surface area (Å²) in [5, 5.41) is 7.58. The molecule has 7 heteroatoms. The highest BCUT2D eigenvalue weighted by Crippen LogP contribution is 2.18. The third-order valence-electron chi connectivity index (χ3n) is 4.40. The second-order valence-electron chi connectivity index (χ2n) is 6.32. The second-order valence-corrected chi connectivity index (χ2v) is 6.32. The number of nitrogens with zero attached hydrogens (tertiary/aromatic N) is 3. The van der Waals surface area contributed by atoms with Crippen molar-refractivity contribution in [2.24, 2.45) is 0 Å².